The minimum atomic E-state index is -3.16. The molecule has 1 aliphatic rings. The van der Waals surface area contributed by atoms with Crippen LogP contribution in [-0.4, -0.2) is 32.4 Å². The van der Waals surface area contributed by atoms with Crippen molar-refractivity contribution in [3.8, 4) is 0 Å². The molecule has 1 aliphatic heterocycles. The van der Waals surface area contributed by atoms with Crippen LogP contribution in [0.2, 0.25) is 0 Å². The molecular formula is C7H16N2O2S. The number of nitrogens with one attached hydrogen (secondary N) is 1. The van der Waals surface area contributed by atoms with E-state index in [1.165, 1.54) is 4.31 Å². The van der Waals surface area contributed by atoms with Gasteiger partial charge in [-0.15, -0.1) is 0 Å². The molecule has 1 saturated heterocycles. The summed E-state index contributed by atoms with van der Waals surface area (Å²) in [5.41, 5.74) is 0. The minimum absolute atomic E-state index is 0.465. The Morgan fingerprint density at radius 1 is 1.58 bits per heavy atom. The van der Waals surface area contributed by atoms with E-state index in [0.717, 1.165) is 6.42 Å². The SMILES string of the molecule is CCNS(=O)(=O)N1CCC(C)C1. The van der Waals surface area contributed by atoms with E-state index in [0.29, 0.717) is 25.6 Å². The molecule has 0 saturated carbocycles. The van der Waals surface area contributed by atoms with E-state index in [9.17, 15) is 8.42 Å². The molecule has 1 heterocycles. The summed E-state index contributed by atoms with van der Waals surface area (Å²) < 4.78 is 26.8. The average molecular weight is 192 g/mol. The van der Waals surface area contributed by atoms with Gasteiger partial charge in [0.05, 0.1) is 0 Å². The highest BCUT2D eigenvalue weighted by molar-refractivity contribution is 7.87. The summed E-state index contributed by atoms with van der Waals surface area (Å²) in [6.45, 7) is 5.65. The molecule has 72 valence electrons. The highest BCUT2D eigenvalue weighted by atomic mass is 32.2. The fourth-order valence-corrected chi connectivity index (χ4v) is 2.73. The van der Waals surface area contributed by atoms with Crippen molar-refractivity contribution in [3.63, 3.8) is 0 Å². The first kappa shape index (κ1) is 9.95. The van der Waals surface area contributed by atoms with Gasteiger partial charge in [0.15, 0.2) is 0 Å². The van der Waals surface area contributed by atoms with Crippen molar-refractivity contribution >= 4 is 10.2 Å². The van der Waals surface area contributed by atoms with Crippen LogP contribution in [0.3, 0.4) is 0 Å². The van der Waals surface area contributed by atoms with Gasteiger partial charge >= 0.3 is 0 Å². The van der Waals surface area contributed by atoms with Gasteiger partial charge in [-0.25, -0.2) is 4.72 Å². The van der Waals surface area contributed by atoms with Crippen LogP contribution >= 0.6 is 0 Å². The Hall–Kier alpha value is -0.130. The van der Waals surface area contributed by atoms with Crippen molar-refractivity contribution in [1.82, 2.24) is 9.03 Å². The monoisotopic (exact) mass is 192 g/mol. The second-order valence-corrected chi connectivity index (χ2v) is 5.01. The predicted molar refractivity (Wildman–Crippen MR) is 48.0 cm³/mol. The average Bonchev–Trinajstić information content (AvgIpc) is 2.36. The molecule has 1 unspecified atom stereocenters. The summed E-state index contributed by atoms with van der Waals surface area (Å²) in [6, 6.07) is 0. The molecule has 1 fully saturated rings. The third-order valence-electron chi connectivity index (χ3n) is 2.05. The van der Waals surface area contributed by atoms with Gasteiger partial charge in [0.2, 0.25) is 0 Å². The van der Waals surface area contributed by atoms with E-state index in [1.807, 2.05) is 0 Å². The lowest BCUT2D eigenvalue weighted by Crippen LogP contribution is -2.39. The molecule has 1 N–H and O–H groups in total. The zero-order valence-electron chi connectivity index (χ0n) is 7.58. The maximum Gasteiger partial charge on any atom is 0.279 e. The highest BCUT2D eigenvalue weighted by Crippen LogP contribution is 2.17. The van der Waals surface area contributed by atoms with E-state index in [4.69, 9.17) is 0 Å². The van der Waals surface area contributed by atoms with E-state index >= 15 is 0 Å². The van der Waals surface area contributed by atoms with Gasteiger partial charge in [-0.1, -0.05) is 13.8 Å². The fourth-order valence-electron chi connectivity index (χ4n) is 1.39. The van der Waals surface area contributed by atoms with Gasteiger partial charge in [-0.05, 0) is 12.3 Å². The fraction of sp³-hybridized carbons (Fsp3) is 1.00. The molecule has 0 aromatic carbocycles. The van der Waals surface area contributed by atoms with Gasteiger partial charge < -0.3 is 0 Å². The first-order valence-corrected chi connectivity index (χ1v) is 5.75. The van der Waals surface area contributed by atoms with Crippen LogP contribution in [0.4, 0.5) is 0 Å². The molecule has 0 radical (unpaired) electrons. The van der Waals surface area contributed by atoms with Crippen LogP contribution in [0.15, 0.2) is 0 Å². The maximum atomic E-state index is 11.4. The summed E-state index contributed by atoms with van der Waals surface area (Å²) in [7, 11) is -3.16. The third kappa shape index (κ3) is 2.18. The Labute approximate surface area is 74.1 Å². The van der Waals surface area contributed by atoms with Crippen LogP contribution in [0.5, 0.6) is 0 Å². The van der Waals surface area contributed by atoms with Crippen molar-refractivity contribution in [2.75, 3.05) is 19.6 Å². The van der Waals surface area contributed by atoms with E-state index in [-0.39, 0.29) is 0 Å². The summed E-state index contributed by atoms with van der Waals surface area (Å²) in [5.74, 6) is 0.499. The zero-order chi connectivity index (χ0) is 9.19. The number of hydrogen-bond donors (Lipinski definition) is 1. The van der Waals surface area contributed by atoms with Gasteiger partial charge in [-0.2, -0.15) is 12.7 Å². The minimum Gasteiger partial charge on any atom is -0.202 e. The molecule has 0 aromatic rings. The van der Waals surface area contributed by atoms with Crippen molar-refractivity contribution in [2.45, 2.75) is 20.3 Å². The van der Waals surface area contributed by atoms with Crippen LogP contribution < -0.4 is 4.72 Å². The second-order valence-electron chi connectivity index (χ2n) is 3.25. The standard InChI is InChI=1S/C7H16N2O2S/c1-3-8-12(10,11)9-5-4-7(2)6-9/h7-8H,3-6H2,1-2H3. The maximum absolute atomic E-state index is 11.4. The van der Waals surface area contributed by atoms with Gasteiger partial charge in [0.1, 0.15) is 0 Å². The Morgan fingerprint density at radius 3 is 2.67 bits per heavy atom. The molecule has 0 bridgehead atoms. The molecule has 1 atom stereocenters. The summed E-state index contributed by atoms with van der Waals surface area (Å²) in [6.07, 6.45) is 0.977. The molecule has 12 heavy (non-hydrogen) atoms. The van der Waals surface area contributed by atoms with Gasteiger partial charge in [0, 0.05) is 19.6 Å². The van der Waals surface area contributed by atoms with Gasteiger partial charge in [-0.3, -0.25) is 0 Å². The van der Waals surface area contributed by atoms with Crippen molar-refractivity contribution in [2.24, 2.45) is 5.92 Å². The van der Waals surface area contributed by atoms with Crippen LogP contribution in [0.1, 0.15) is 20.3 Å². The largest absolute Gasteiger partial charge is 0.279 e. The molecule has 4 nitrogen and oxygen atoms in total. The normalized spacial score (nSPS) is 26.3. The summed E-state index contributed by atoms with van der Waals surface area (Å²) in [4.78, 5) is 0. The molecule has 1 rings (SSSR count). The molecular weight excluding hydrogens is 176 g/mol. The first-order chi connectivity index (χ1) is 5.56. The Kier molecular flexibility index (Phi) is 3.09. The molecule has 0 aliphatic carbocycles. The zero-order valence-corrected chi connectivity index (χ0v) is 8.39. The summed E-state index contributed by atoms with van der Waals surface area (Å²) >= 11 is 0. The lowest BCUT2D eigenvalue weighted by molar-refractivity contribution is 0.454. The molecule has 0 amide bonds. The quantitative estimate of drug-likeness (QED) is 0.693. The Bertz CT molecular complexity index is 238. The third-order valence-corrected chi connectivity index (χ3v) is 3.72. The van der Waals surface area contributed by atoms with Gasteiger partial charge in [0.25, 0.3) is 10.2 Å². The van der Waals surface area contributed by atoms with Crippen molar-refractivity contribution in [1.29, 1.82) is 0 Å². The molecule has 0 spiro atoms. The van der Waals surface area contributed by atoms with E-state index in [2.05, 4.69) is 11.6 Å². The number of hydrogen-bond acceptors (Lipinski definition) is 2. The Balaban J connectivity index is 2.58. The topological polar surface area (TPSA) is 49.4 Å². The molecule has 0 aromatic heterocycles. The second kappa shape index (κ2) is 3.72. The van der Waals surface area contributed by atoms with E-state index < -0.39 is 10.2 Å². The van der Waals surface area contributed by atoms with E-state index in [1.54, 1.807) is 6.92 Å². The predicted octanol–water partition coefficient (Wildman–Crippen LogP) is 0.182. The number of rotatable bonds is 3. The number of nitrogens with zero attached hydrogens (tertiary/aromatic N) is 1. The first-order valence-electron chi connectivity index (χ1n) is 4.31. The summed E-state index contributed by atoms with van der Waals surface area (Å²) in [5, 5.41) is 0. The lowest BCUT2D eigenvalue weighted by atomic mass is 10.2. The highest BCUT2D eigenvalue weighted by Gasteiger charge is 2.28. The lowest BCUT2D eigenvalue weighted by Gasteiger charge is -2.15. The van der Waals surface area contributed by atoms with Crippen LogP contribution in [0, 0.1) is 5.92 Å². The van der Waals surface area contributed by atoms with Crippen LogP contribution in [0.25, 0.3) is 0 Å². The van der Waals surface area contributed by atoms with Crippen LogP contribution in [-0.2, 0) is 10.2 Å². The van der Waals surface area contributed by atoms with Crippen molar-refractivity contribution in [3.05, 3.63) is 0 Å². The smallest absolute Gasteiger partial charge is 0.202 e. The molecule has 5 heteroatoms. The Morgan fingerprint density at radius 2 is 2.25 bits per heavy atom. The van der Waals surface area contributed by atoms with Crippen molar-refractivity contribution < 1.29 is 8.42 Å².